The highest BCUT2D eigenvalue weighted by Gasteiger charge is 2.14. The van der Waals surface area contributed by atoms with Crippen molar-refractivity contribution in [2.24, 2.45) is 0 Å². The van der Waals surface area contributed by atoms with E-state index in [4.69, 9.17) is 5.26 Å². The summed E-state index contributed by atoms with van der Waals surface area (Å²) in [5.74, 6) is 0. The third-order valence-corrected chi connectivity index (χ3v) is 0.910. The summed E-state index contributed by atoms with van der Waals surface area (Å²) < 4.78 is 0. The van der Waals surface area contributed by atoms with Gasteiger partial charge in [0.15, 0.2) is 0 Å². The molecule has 1 radical (unpaired) electrons. The van der Waals surface area contributed by atoms with Gasteiger partial charge in [0.05, 0.1) is 12.5 Å². The molecule has 0 heterocycles. The van der Waals surface area contributed by atoms with Crippen LogP contribution in [0, 0.1) is 11.3 Å². The van der Waals surface area contributed by atoms with Crippen molar-refractivity contribution in [2.75, 3.05) is 0 Å². The van der Waals surface area contributed by atoms with Crippen molar-refractivity contribution in [3.63, 3.8) is 0 Å². The number of amides is 1. The zero-order chi connectivity index (χ0) is 7.33. The summed E-state index contributed by atoms with van der Waals surface area (Å²) in [6.45, 7) is 3.53. The van der Waals surface area contributed by atoms with Crippen LogP contribution in [0.4, 0.5) is 0 Å². The van der Waals surface area contributed by atoms with Crippen LogP contribution in [0.5, 0.6) is 0 Å². The standard InChI is InChI=1S/C6H9N2O/c1-6(2,3-4-7)8-5-9/h3H2,1-2H3,(H,8,9). The lowest BCUT2D eigenvalue weighted by Crippen LogP contribution is -2.37. The summed E-state index contributed by atoms with van der Waals surface area (Å²) in [6, 6.07) is 1.95. The molecule has 0 saturated heterocycles. The molecule has 0 bridgehead atoms. The fourth-order valence-electron chi connectivity index (χ4n) is 0.380. The average molecular weight is 125 g/mol. The van der Waals surface area contributed by atoms with E-state index in [0.717, 1.165) is 0 Å². The molecule has 0 aliphatic heterocycles. The molecule has 0 aliphatic carbocycles. The van der Waals surface area contributed by atoms with Gasteiger partial charge in [0, 0.05) is 5.54 Å². The largest absolute Gasteiger partial charge is 0.342 e. The van der Waals surface area contributed by atoms with Crippen LogP contribution < -0.4 is 5.32 Å². The predicted molar refractivity (Wildman–Crippen MR) is 33.1 cm³/mol. The summed E-state index contributed by atoms with van der Waals surface area (Å²) in [7, 11) is 0. The van der Waals surface area contributed by atoms with E-state index in [1.54, 1.807) is 20.3 Å². The van der Waals surface area contributed by atoms with Gasteiger partial charge in [0.1, 0.15) is 0 Å². The molecule has 1 N–H and O–H groups in total. The Hall–Kier alpha value is -1.04. The summed E-state index contributed by atoms with van der Waals surface area (Å²) in [5, 5.41) is 10.6. The van der Waals surface area contributed by atoms with Gasteiger partial charge in [-0.2, -0.15) is 5.26 Å². The Kier molecular flexibility index (Phi) is 2.72. The minimum Gasteiger partial charge on any atom is -0.342 e. The van der Waals surface area contributed by atoms with Crippen LogP contribution >= 0.6 is 0 Å². The van der Waals surface area contributed by atoms with Gasteiger partial charge >= 0.3 is 6.41 Å². The molecule has 0 fully saturated rings. The van der Waals surface area contributed by atoms with Crippen molar-refractivity contribution in [3.05, 3.63) is 0 Å². The molecule has 0 saturated carbocycles. The average Bonchev–Trinajstić information content (AvgIpc) is 1.64. The summed E-state index contributed by atoms with van der Waals surface area (Å²) >= 11 is 0. The lowest BCUT2D eigenvalue weighted by molar-refractivity contribution is 0.443. The first-order valence-electron chi connectivity index (χ1n) is 2.63. The molecule has 0 aromatic carbocycles. The Morgan fingerprint density at radius 2 is 2.22 bits per heavy atom. The highest BCUT2D eigenvalue weighted by Crippen LogP contribution is 2.04. The molecular formula is C6H9N2O. The number of nitrogens with one attached hydrogen (secondary N) is 1. The van der Waals surface area contributed by atoms with Crippen LogP contribution in [-0.2, 0) is 4.79 Å². The second kappa shape index (κ2) is 3.08. The van der Waals surface area contributed by atoms with Crippen molar-refractivity contribution in [2.45, 2.75) is 25.8 Å². The zero-order valence-electron chi connectivity index (χ0n) is 5.56. The van der Waals surface area contributed by atoms with Crippen LogP contribution in [-0.4, -0.2) is 11.9 Å². The lowest BCUT2D eigenvalue weighted by Gasteiger charge is -2.18. The molecule has 0 unspecified atom stereocenters. The maximum absolute atomic E-state index is 9.75. The predicted octanol–water partition coefficient (Wildman–Crippen LogP) is 0.335. The second-order valence-electron chi connectivity index (χ2n) is 2.45. The van der Waals surface area contributed by atoms with Gasteiger partial charge in [0.25, 0.3) is 0 Å². The van der Waals surface area contributed by atoms with Crippen LogP contribution in [0.2, 0.25) is 0 Å². The van der Waals surface area contributed by atoms with E-state index < -0.39 is 5.54 Å². The Morgan fingerprint density at radius 3 is 2.56 bits per heavy atom. The molecular weight excluding hydrogens is 116 g/mol. The van der Waals surface area contributed by atoms with Gasteiger partial charge in [-0.25, -0.2) is 0 Å². The maximum atomic E-state index is 9.75. The third kappa shape index (κ3) is 3.53. The molecule has 0 spiro atoms. The molecule has 3 nitrogen and oxygen atoms in total. The normalized spacial score (nSPS) is 9.89. The highest BCUT2D eigenvalue weighted by atomic mass is 16.1. The van der Waals surface area contributed by atoms with Crippen molar-refractivity contribution < 1.29 is 4.79 Å². The van der Waals surface area contributed by atoms with E-state index in [0.29, 0.717) is 6.42 Å². The minimum atomic E-state index is -0.434. The van der Waals surface area contributed by atoms with Gasteiger partial charge in [0.2, 0.25) is 0 Å². The molecule has 0 atom stereocenters. The van der Waals surface area contributed by atoms with Crippen molar-refractivity contribution in [1.82, 2.24) is 5.32 Å². The van der Waals surface area contributed by atoms with Gasteiger partial charge in [-0.05, 0) is 13.8 Å². The first-order valence-corrected chi connectivity index (χ1v) is 2.63. The van der Waals surface area contributed by atoms with Gasteiger partial charge in [-0.3, -0.25) is 4.79 Å². The van der Waals surface area contributed by atoms with Crippen LogP contribution in [0.25, 0.3) is 0 Å². The molecule has 0 aliphatic rings. The van der Waals surface area contributed by atoms with Crippen molar-refractivity contribution >= 4 is 6.41 Å². The van der Waals surface area contributed by atoms with Crippen molar-refractivity contribution in [1.29, 1.82) is 5.26 Å². The van der Waals surface area contributed by atoms with E-state index in [1.807, 2.05) is 6.07 Å². The van der Waals surface area contributed by atoms with Gasteiger partial charge in [-0.1, -0.05) is 0 Å². The molecule has 3 heteroatoms. The number of nitrogens with zero attached hydrogens (tertiary/aromatic N) is 1. The summed E-state index contributed by atoms with van der Waals surface area (Å²) in [5.41, 5.74) is -0.434. The molecule has 49 valence electrons. The second-order valence-corrected chi connectivity index (χ2v) is 2.45. The van der Waals surface area contributed by atoms with E-state index in [9.17, 15) is 4.79 Å². The monoisotopic (exact) mass is 125 g/mol. The van der Waals surface area contributed by atoms with Crippen LogP contribution in [0.15, 0.2) is 0 Å². The Balaban J connectivity index is 3.73. The number of rotatable bonds is 3. The Bertz CT molecular complexity index is 134. The first-order chi connectivity index (χ1) is 4.12. The molecule has 1 amide bonds. The molecule has 0 rings (SSSR count). The van der Waals surface area contributed by atoms with E-state index in [2.05, 4.69) is 5.32 Å². The Labute approximate surface area is 54.7 Å². The fourth-order valence-corrected chi connectivity index (χ4v) is 0.380. The summed E-state index contributed by atoms with van der Waals surface area (Å²) in [6.07, 6.45) is 1.85. The van der Waals surface area contributed by atoms with Gasteiger partial charge in [-0.15, -0.1) is 0 Å². The van der Waals surface area contributed by atoms with E-state index >= 15 is 0 Å². The maximum Gasteiger partial charge on any atom is 0.309 e. The molecule has 0 aromatic rings. The van der Waals surface area contributed by atoms with Crippen LogP contribution in [0.1, 0.15) is 20.3 Å². The lowest BCUT2D eigenvalue weighted by atomic mass is 10.0. The summed E-state index contributed by atoms with van der Waals surface area (Å²) in [4.78, 5) is 9.75. The Morgan fingerprint density at radius 1 is 1.67 bits per heavy atom. The first kappa shape index (κ1) is 7.96. The number of carbonyl (C=O) groups excluding carboxylic acids is 1. The molecule has 0 aromatic heterocycles. The number of nitriles is 1. The van der Waals surface area contributed by atoms with Gasteiger partial charge < -0.3 is 5.32 Å². The smallest absolute Gasteiger partial charge is 0.309 e. The third-order valence-electron chi connectivity index (χ3n) is 0.910. The van der Waals surface area contributed by atoms with E-state index in [1.165, 1.54) is 0 Å². The van der Waals surface area contributed by atoms with E-state index in [-0.39, 0.29) is 0 Å². The number of hydrogen-bond acceptors (Lipinski definition) is 2. The van der Waals surface area contributed by atoms with Crippen molar-refractivity contribution in [3.8, 4) is 6.07 Å². The minimum absolute atomic E-state index is 0.308. The SMILES string of the molecule is CC(C)(CC#N)N[C]=O. The molecule has 9 heavy (non-hydrogen) atoms. The fraction of sp³-hybridized carbons (Fsp3) is 0.667. The highest BCUT2D eigenvalue weighted by molar-refractivity contribution is 5.48. The van der Waals surface area contributed by atoms with Crippen LogP contribution in [0.3, 0.4) is 0 Å². The zero-order valence-corrected chi connectivity index (χ0v) is 5.56. The number of hydrogen-bond donors (Lipinski definition) is 1. The topological polar surface area (TPSA) is 52.9 Å². The quantitative estimate of drug-likeness (QED) is 0.553.